The second kappa shape index (κ2) is 10.2. The number of benzene rings is 7. The summed E-state index contributed by atoms with van der Waals surface area (Å²) in [5.41, 5.74) is 9.85. The Morgan fingerprint density at radius 3 is 1.98 bits per heavy atom. The molecule has 4 heteroatoms. The summed E-state index contributed by atoms with van der Waals surface area (Å²) in [5, 5.41) is 4.30. The molecule has 0 saturated carbocycles. The van der Waals surface area contributed by atoms with Crippen LogP contribution in [0.5, 0.6) is 0 Å². The fourth-order valence-electron chi connectivity index (χ4n) is 6.30. The van der Waals surface area contributed by atoms with Crippen LogP contribution >= 0.6 is 0 Å². The lowest BCUT2D eigenvalue weighted by Gasteiger charge is -2.26. The van der Waals surface area contributed by atoms with Crippen molar-refractivity contribution in [3.05, 3.63) is 158 Å². The molecular formula is C41H26N2O2. The zero-order chi connectivity index (χ0) is 29.7. The lowest BCUT2D eigenvalue weighted by Crippen LogP contribution is -2.10. The van der Waals surface area contributed by atoms with E-state index in [2.05, 4.69) is 108 Å². The third kappa shape index (κ3) is 4.35. The smallest absolute Gasteiger partial charge is 0.227 e. The summed E-state index contributed by atoms with van der Waals surface area (Å²) in [7, 11) is 0. The highest BCUT2D eigenvalue weighted by molar-refractivity contribution is 6.08. The minimum absolute atomic E-state index is 0.627. The van der Waals surface area contributed by atoms with E-state index in [1.165, 1.54) is 5.56 Å². The first-order chi connectivity index (χ1) is 22.3. The quantitative estimate of drug-likeness (QED) is 0.204. The van der Waals surface area contributed by atoms with Crippen LogP contribution in [-0.4, -0.2) is 4.98 Å². The minimum atomic E-state index is 0.627. The molecule has 2 heterocycles. The normalized spacial score (nSPS) is 11.6. The molecule has 0 aliphatic carbocycles. The van der Waals surface area contributed by atoms with Gasteiger partial charge >= 0.3 is 0 Å². The molecule has 0 spiro atoms. The Bertz CT molecular complexity index is 2490. The molecule has 0 bridgehead atoms. The summed E-state index contributed by atoms with van der Waals surface area (Å²) in [5.74, 6) is 0.627. The maximum Gasteiger partial charge on any atom is 0.227 e. The van der Waals surface area contributed by atoms with Crippen molar-refractivity contribution in [1.82, 2.24) is 4.98 Å². The molecule has 0 amide bonds. The third-order valence-electron chi connectivity index (χ3n) is 8.46. The van der Waals surface area contributed by atoms with Crippen molar-refractivity contribution in [1.29, 1.82) is 0 Å². The Morgan fingerprint density at radius 1 is 0.422 bits per heavy atom. The molecule has 0 saturated heterocycles. The van der Waals surface area contributed by atoms with Gasteiger partial charge in [0, 0.05) is 38.8 Å². The summed E-state index contributed by atoms with van der Waals surface area (Å²) >= 11 is 0. The topological polar surface area (TPSA) is 42.4 Å². The first-order valence-electron chi connectivity index (χ1n) is 15.0. The van der Waals surface area contributed by atoms with Crippen molar-refractivity contribution >= 4 is 60.9 Å². The van der Waals surface area contributed by atoms with Crippen LogP contribution in [0.3, 0.4) is 0 Å². The number of aromatic nitrogens is 1. The minimum Gasteiger partial charge on any atom is -0.456 e. The lowest BCUT2D eigenvalue weighted by molar-refractivity contribution is 0.623. The number of para-hydroxylation sites is 1. The van der Waals surface area contributed by atoms with Gasteiger partial charge in [0.15, 0.2) is 5.58 Å². The van der Waals surface area contributed by atoms with Crippen molar-refractivity contribution in [3.8, 4) is 22.6 Å². The molecule has 9 aromatic rings. The van der Waals surface area contributed by atoms with E-state index >= 15 is 0 Å². The van der Waals surface area contributed by atoms with E-state index in [1.54, 1.807) is 0 Å². The third-order valence-corrected chi connectivity index (χ3v) is 8.46. The van der Waals surface area contributed by atoms with Crippen LogP contribution in [0.1, 0.15) is 0 Å². The molecule has 45 heavy (non-hydrogen) atoms. The van der Waals surface area contributed by atoms with Gasteiger partial charge in [-0.1, -0.05) is 84.9 Å². The Balaban J connectivity index is 1.23. The highest BCUT2D eigenvalue weighted by Crippen LogP contribution is 2.41. The second-order valence-electron chi connectivity index (χ2n) is 11.2. The number of fused-ring (bicyclic) bond motifs is 6. The summed E-state index contributed by atoms with van der Waals surface area (Å²) in [6.45, 7) is 0. The Morgan fingerprint density at radius 2 is 1.11 bits per heavy atom. The van der Waals surface area contributed by atoms with E-state index in [-0.39, 0.29) is 0 Å². The molecule has 0 unspecified atom stereocenters. The Hall–Kier alpha value is -6.13. The van der Waals surface area contributed by atoms with Gasteiger partial charge in [-0.25, -0.2) is 4.98 Å². The van der Waals surface area contributed by atoms with Gasteiger partial charge in [-0.2, -0.15) is 0 Å². The van der Waals surface area contributed by atoms with Gasteiger partial charge in [0.1, 0.15) is 16.7 Å². The van der Waals surface area contributed by atoms with E-state index in [4.69, 9.17) is 13.8 Å². The molecule has 9 rings (SSSR count). The van der Waals surface area contributed by atoms with Crippen LogP contribution in [0.4, 0.5) is 17.1 Å². The number of furan rings is 1. The predicted octanol–water partition coefficient (Wildman–Crippen LogP) is 11.7. The van der Waals surface area contributed by atoms with Gasteiger partial charge in [0.2, 0.25) is 5.89 Å². The van der Waals surface area contributed by atoms with E-state index in [0.29, 0.717) is 5.89 Å². The number of hydrogen-bond acceptors (Lipinski definition) is 4. The molecule has 4 nitrogen and oxygen atoms in total. The van der Waals surface area contributed by atoms with Crippen LogP contribution in [-0.2, 0) is 0 Å². The van der Waals surface area contributed by atoms with Crippen molar-refractivity contribution in [2.24, 2.45) is 0 Å². The van der Waals surface area contributed by atoms with Crippen molar-refractivity contribution in [2.75, 3.05) is 4.90 Å². The van der Waals surface area contributed by atoms with Gasteiger partial charge < -0.3 is 13.7 Å². The average Bonchev–Trinajstić information content (AvgIpc) is 3.71. The van der Waals surface area contributed by atoms with E-state index in [0.717, 1.165) is 72.0 Å². The van der Waals surface area contributed by atoms with Crippen LogP contribution in [0.25, 0.3) is 66.4 Å². The van der Waals surface area contributed by atoms with E-state index in [9.17, 15) is 0 Å². The SMILES string of the molecule is c1ccc(-c2cccc(N(c3ccc4c(ccc5nc(-c6ccccc6)oc54)c3)c3ccc4oc5ccccc5c4c3)c2)cc1. The van der Waals surface area contributed by atoms with Gasteiger partial charge in [-0.15, -0.1) is 0 Å². The fourth-order valence-corrected chi connectivity index (χ4v) is 6.30. The summed E-state index contributed by atoms with van der Waals surface area (Å²) in [6.07, 6.45) is 0. The number of oxazole rings is 1. The van der Waals surface area contributed by atoms with Gasteiger partial charge in [-0.3, -0.25) is 0 Å². The molecule has 0 aliphatic heterocycles. The molecule has 212 valence electrons. The summed E-state index contributed by atoms with van der Waals surface area (Å²) < 4.78 is 12.5. The highest BCUT2D eigenvalue weighted by atomic mass is 16.3. The second-order valence-corrected chi connectivity index (χ2v) is 11.2. The maximum atomic E-state index is 6.35. The first-order valence-corrected chi connectivity index (χ1v) is 15.0. The van der Waals surface area contributed by atoms with Gasteiger partial charge in [-0.05, 0) is 89.3 Å². The van der Waals surface area contributed by atoms with E-state index < -0.39 is 0 Å². The number of hydrogen-bond donors (Lipinski definition) is 0. The van der Waals surface area contributed by atoms with Gasteiger partial charge in [0.25, 0.3) is 0 Å². The largest absolute Gasteiger partial charge is 0.456 e. The van der Waals surface area contributed by atoms with Crippen LogP contribution in [0, 0.1) is 0 Å². The molecule has 0 radical (unpaired) electrons. The standard InChI is InChI=1S/C41H26N2O2/c1-3-10-27(11-4-1)29-14-9-15-31(24-29)43(33-20-23-39-36(26-33)35-16-7-8-17-38(35)44-39)32-19-21-34-30(25-32)18-22-37-40(34)45-41(42-37)28-12-5-2-6-13-28/h1-26H. The Labute approximate surface area is 259 Å². The molecule has 7 aromatic carbocycles. The molecule has 0 atom stereocenters. The van der Waals surface area contributed by atoms with Crippen molar-refractivity contribution in [3.63, 3.8) is 0 Å². The predicted molar refractivity (Wildman–Crippen MR) is 184 cm³/mol. The summed E-state index contributed by atoms with van der Waals surface area (Å²) in [4.78, 5) is 7.10. The first kappa shape index (κ1) is 25.4. The van der Waals surface area contributed by atoms with Crippen LogP contribution in [0.2, 0.25) is 0 Å². The molecule has 2 aromatic heterocycles. The number of nitrogens with zero attached hydrogens (tertiary/aromatic N) is 2. The van der Waals surface area contributed by atoms with Crippen LogP contribution in [0.15, 0.2) is 167 Å². The average molecular weight is 579 g/mol. The maximum absolute atomic E-state index is 6.35. The lowest BCUT2D eigenvalue weighted by atomic mass is 10.0. The molecular weight excluding hydrogens is 552 g/mol. The van der Waals surface area contributed by atoms with Crippen molar-refractivity contribution < 1.29 is 8.83 Å². The fraction of sp³-hybridized carbons (Fsp3) is 0. The Kier molecular flexibility index (Phi) is 5.78. The molecule has 0 aliphatic rings. The highest BCUT2D eigenvalue weighted by Gasteiger charge is 2.18. The zero-order valence-corrected chi connectivity index (χ0v) is 24.2. The van der Waals surface area contributed by atoms with Crippen LogP contribution < -0.4 is 4.90 Å². The monoisotopic (exact) mass is 578 g/mol. The number of rotatable bonds is 5. The molecule has 0 fully saturated rings. The van der Waals surface area contributed by atoms with Crippen molar-refractivity contribution in [2.45, 2.75) is 0 Å². The summed E-state index contributed by atoms with van der Waals surface area (Å²) in [6, 6.07) is 54.6. The van der Waals surface area contributed by atoms with E-state index in [1.807, 2.05) is 54.6 Å². The zero-order valence-electron chi connectivity index (χ0n) is 24.2. The van der Waals surface area contributed by atoms with Gasteiger partial charge in [0.05, 0.1) is 0 Å². The number of anilines is 3. The molecule has 0 N–H and O–H groups in total.